The lowest BCUT2D eigenvalue weighted by Gasteiger charge is -2.17. The van der Waals surface area contributed by atoms with Crippen LogP contribution in [-0.4, -0.2) is 73.3 Å². The van der Waals surface area contributed by atoms with E-state index in [0.29, 0.717) is 24.8 Å². The molecule has 2 atom stereocenters. The van der Waals surface area contributed by atoms with Crippen molar-refractivity contribution in [2.75, 3.05) is 45.8 Å². The summed E-state index contributed by atoms with van der Waals surface area (Å²) in [6.07, 6.45) is 1.30. The Hall–Kier alpha value is -1.47. The molecule has 0 bridgehead atoms. The highest BCUT2D eigenvalue weighted by atomic mass is 16.2. The van der Waals surface area contributed by atoms with Crippen LogP contribution < -0.4 is 10.6 Å². The van der Waals surface area contributed by atoms with E-state index >= 15 is 0 Å². The van der Waals surface area contributed by atoms with Gasteiger partial charge in [-0.15, -0.1) is 0 Å². The second-order valence-corrected chi connectivity index (χ2v) is 6.26. The topological polar surface area (TPSA) is 81.8 Å². The van der Waals surface area contributed by atoms with Crippen LogP contribution in [0.15, 0.2) is 0 Å². The van der Waals surface area contributed by atoms with Gasteiger partial charge in [-0.3, -0.25) is 24.6 Å². The van der Waals surface area contributed by atoms with Crippen molar-refractivity contribution in [3.63, 3.8) is 0 Å². The number of rotatable bonds is 4. The first-order valence-electron chi connectivity index (χ1n) is 7.65. The molecule has 7 heteroatoms. The highest BCUT2D eigenvalue weighted by Gasteiger charge is 2.36. The van der Waals surface area contributed by atoms with E-state index in [1.165, 1.54) is 4.90 Å². The van der Waals surface area contributed by atoms with Crippen molar-refractivity contribution in [3.8, 4) is 0 Å². The molecule has 0 aromatic carbocycles. The second kappa shape index (κ2) is 6.11. The third-order valence-corrected chi connectivity index (χ3v) is 4.62. The molecule has 3 aliphatic heterocycles. The Balaban J connectivity index is 1.40. The maximum Gasteiger partial charge on any atom is 0.246 e. The zero-order valence-corrected chi connectivity index (χ0v) is 12.1. The summed E-state index contributed by atoms with van der Waals surface area (Å²) in [5.41, 5.74) is 0. The van der Waals surface area contributed by atoms with Crippen LogP contribution in [0.4, 0.5) is 0 Å². The summed E-state index contributed by atoms with van der Waals surface area (Å²) in [7, 11) is 0. The summed E-state index contributed by atoms with van der Waals surface area (Å²) in [4.78, 5) is 38.7. The van der Waals surface area contributed by atoms with Crippen LogP contribution in [0.5, 0.6) is 0 Å². The van der Waals surface area contributed by atoms with E-state index in [2.05, 4.69) is 15.5 Å². The fourth-order valence-electron chi connectivity index (χ4n) is 3.56. The minimum atomic E-state index is -0.378. The maximum absolute atomic E-state index is 11.9. The Bertz CT molecular complexity index is 442. The van der Waals surface area contributed by atoms with Gasteiger partial charge in [-0.1, -0.05) is 0 Å². The summed E-state index contributed by atoms with van der Waals surface area (Å²) < 4.78 is 0. The van der Waals surface area contributed by atoms with Crippen molar-refractivity contribution in [2.45, 2.75) is 12.8 Å². The fourth-order valence-corrected chi connectivity index (χ4v) is 3.56. The van der Waals surface area contributed by atoms with Crippen LogP contribution in [-0.2, 0) is 14.4 Å². The number of hydrogen-bond acceptors (Lipinski definition) is 5. The molecule has 2 N–H and O–H groups in total. The lowest BCUT2D eigenvalue weighted by Crippen LogP contribution is -2.44. The van der Waals surface area contributed by atoms with Crippen LogP contribution in [0.3, 0.4) is 0 Å². The van der Waals surface area contributed by atoms with Gasteiger partial charge in [-0.25, -0.2) is 0 Å². The van der Waals surface area contributed by atoms with Crippen LogP contribution in [0.2, 0.25) is 0 Å². The quantitative estimate of drug-likeness (QED) is 0.653. The molecular weight excluding hydrogens is 272 g/mol. The summed E-state index contributed by atoms with van der Waals surface area (Å²) in [6.45, 7) is 4.78. The molecule has 7 nitrogen and oxygen atoms in total. The van der Waals surface area contributed by atoms with Gasteiger partial charge in [0, 0.05) is 26.1 Å². The fraction of sp³-hybridized carbons (Fsp3) is 0.786. The Morgan fingerprint density at radius 1 is 1.14 bits per heavy atom. The highest BCUT2D eigenvalue weighted by molar-refractivity contribution is 5.98. The van der Waals surface area contributed by atoms with Crippen LogP contribution >= 0.6 is 0 Å². The molecule has 3 saturated heterocycles. The van der Waals surface area contributed by atoms with Gasteiger partial charge in [-0.2, -0.15) is 0 Å². The lowest BCUT2D eigenvalue weighted by molar-refractivity contribution is -0.136. The van der Waals surface area contributed by atoms with E-state index in [-0.39, 0.29) is 30.8 Å². The molecule has 0 aromatic heterocycles. The van der Waals surface area contributed by atoms with E-state index in [1.807, 2.05) is 0 Å². The van der Waals surface area contributed by atoms with Crippen LogP contribution in [0, 0.1) is 11.8 Å². The Morgan fingerprint density at radius 3 is 2.43 bits per heavy atom. The van der Waals surface area contributed by atoms with Crippen molar-refractivity contribution in [2.24, 2.45) is 11.8 Å². The predicted octanol–water partition coefficient (Wildman–Crippen LogP) is -1.60. The molecule has 0 unspecified atom stereocenters. The monoisotopic (exact) mass is 294 g/mol. The molecule has 3 heterocycles. The van der Waals surface area contributed by atoms with Crippen LogP contribution in [0.1, 0.15) is 12.8 Å². The molecule has 3 aliphatic rings. The number of fused-ring (bicyclic) bond motifs is 1. The predicted molar refractivity (Wildman–Crippen MR) is 75.3 cm³/mol. The third kappa shape index (κ3) is 3.41. The zero-order valence-electron chi connectivity index (χ0n) is 12.1. The van der Waals surface area contributed by atoms with Gasteiger partial charge in [0.05, 0.1) is 13.1 Å². The number of nitrogens with zero attached hydrogens (tertiary/aromatic N) is 2. The molecule has 0 radical (unpaired) electrons. The molecule has 116 valence electrons. The summed E-state index contributed by atoms with van der Waals surface area (Å²) in [6, 6.07) is 0. The molecular formula is C14H22N4O3. The van der Waals surface area contributed by atoms with Gasteiger partial charge in [0.25, 0.3) is 0 Å². The van der Waals surface area contributed by atoms with Gasteiger partial charge in [0.2, 0.25) is 17.7 Å². The van der Waals surface area contributed by atoms with Crippen molar-refractivity contribution < 1.29 is 14.4 Å². The van der Waals surface area contributed by atoms with E-state index in [0.717, 1.165) is 32.6 Å². The van der Waals surface area contributed by atoms with E-state index in [9.17, 15) is 14.4 Å². The van der Waals surface area contributed by atoms with Gasteiger partial charge >= 0.3 is 0 Å². The van der Waals surface area contributed by atoms with Crippen molar-refractivity contribution in [1.82, 2.24) is 20.4 Å². The molecule has 0 aromatic rings. The highest BCUT2D eigenvalue weighted by Crippen LogP contribution is 2.25. The molecule has 21 heavy (non-hydrogen) atoms. The number of carbonyl (C=O) groups excluding carboxylic acids is 3. The number of imide groups is 1. The van der Waals surface area contributed by atoms with Gasteiger partial charge in [0.15, 0.2) is 0 Å². The maximum atomic E-state index is 11.9. The Labute approximate surface area is 124 Å². The molecule has 3 fully saturated rings. The summed E-state index contributed by atoms with van der Waals surface area (Å²) in [5.74, 6) is 0.625. The van der Waals surface area contributed by atoms with Crippen LogP contribution in [0.25, 0.3) is 0 Å². The normalized spacial score (nSPS) is 29.0. The standard InChI is InChI=1S/C14H22N4O3/c19-12(8-17-6-10-4-15-5-11(10)7-17)16-13(20)9-18-3-1-2-14(18)21/h10-11,15H,1-9H2,(H,16,19,20)/t10-,11+. The third-order valence-electron chi connectivity index (χ3n) is 4.62. The number of likely N-dealkylation sites (tertiary alicyclic amines) is 2. The molecule has 0 saturated carbocycles. The van der Waals surface area contributed by atoms with E-state index in [4.69, 9.17) is 0 Å². The Kier molecular flexibility index (Phi) is 4.21. The van der Waals surface area contributed by atoms with E-state index in [1.54, 1.807) is 0 Å². The number of carbonyl (C=O) groups is 3. The van der Waals surface area contributed by atoms with E-state index < -0.39 is 0 Å². The summed E-state index contributed by atoms with van der Waals surface area (Å²) in [5, 5.41) is 5.75. The van der Waals surface area contributed by atoms with Gasteiger partial charge < -0.3 is 10.2 Å². The average Bonchev–Trinajstić information content (AvgIpc) is 3.06. The van der Waals surface area contributed by atoms with Gasteiger partial charge in [-0.05, 0) is 31.3 Å². The van der Waals surface area contributed by atoms with Crippen molar-refractivity contribution in [1.29, 1.82) is 0 Å². The second-order valence-electron chi connectivity index (χ2n) is 6.26. The zero-order chi connectivity index (χ0) is 14.8. The Morgan fingerprint density at radius 2 is 1.81 bits per heavy atom. The minimum Gasteiger partial charge on any atom is -0.333 e. The smallest absolute Gasteiger partial charge is 0.246 e. The summed E-state index contributed by atoms with van der Waals surface area (Å²) >= 11 is 0. The SMILES string of the molecule is O=C(CN1C[C@H]2CNC[C@H]2C1)NC(=O)CN1CCCC1=O. The first-order valence-corrected chi connectivity index (χ1v) is 7.65. The molecule has 3 amide bonds. The van der Waals surface area contributed by atoms with Crippen molar-refractivity contribution in [3.05, 3.63) is 0 Å². The largest absolute Gasteiger partial charge is 0.333 e. The first kappa shape index (κ1) is 14.5. The van der Waals surface area contributed by atoms with Crippen molar-refractivity contribution >= 4 is 17.7 Å². The average molecular weight is 294 g/mol. The minimum absolute atomic E-state index is 0.000255. The first-order chi connectivity index (χ1) is 10.1. The lowest BCUT2D eigenvalue weighted by atomic mass is 10.0. The molecule has 0 spiro atoms. The molecule has 0 aliphatic carbocycles. The number of hydrogen-bond donors (Lipinski definition) is 2. The number of nitrogens with one attached hydrogen (secondary N) is 2. The number of amides is 3. The van der Waals surface area contributed by atoms with Gasteiger partial charge in [0.1, 0.15) is 0 Å². The molecule has 3 rings (SSSR count).